The fourth-order valence-corrected chi connectivity index (χ4v) is 6.27. The van der Waals surface area contributed by atoms with Gasteiger partial charge in [0.15, 0.2) is 3.95 Å². The Morgan fingerprint density at radius 3 is 2.46 bits per heavy atom. The van der Waals surface area contributed by atoms with Crippen molar-refractivity contribution in [1.82, 2.24) is 8.97 Å². The monoisotopic (exact) mass is 539 g/mol. The van der Waals surface area contributed by atoms with Gasteiger partial charge < -0.3 is 4.90 Å². The summed E-state index contributed by atoms with van der Waals surface area (Å²) < 4.78 is 3.90. The van der Waals surface area contributed by atoms with Crippen LogP contribution in [0.5, 0.6) is 0 Å². The van der Waals surface area contributed by atoms with Gasteiger partial charge in [-0.15, -0.1) is 11.3 Å². The van der Waals surface area contributed by atoms with E-state index in [4.69, 9.17) is 35.4 Å². The molecule has 0 N–H and O–H groups in total. The number of nitrogens with zero attached hydrogens (tertiary/aromatic N) is 3. The van der Waals surface area contributed by atoms with E-state index in [1.165, 1.54) is 15.9 Å². The Balaban J connectivity index is 1.79. The van der Waals surface area contributed by atoms with Crippen molar-refractivity contribution >= 4 is 74.9 Å². The molecule has 2 heterocycles. The molecule has 3 aromatic carbocycles. The van der Waals surface area contributed by atoms with Gasteiger partial charge in [-0.25, -0.2) is 0 Å². The molecule has 0 saturated heterocycles. The normalized spacial score (nSPS) is 11.3. The minimum absolute atomic E-state index is 0.153. The predicted octanol–water partition coefficient (Wildman–Crippen LogP) is 7.07. The molecule has 176 valence electrons. The summed E-state index contributed by atoms with van der Waals surface area (Å²) in [6.07, 6.45) is 0. The molecule has 0 fully saturated rings. The number of rotatable bonds is 5. The van der Waals surface area contributed by atoms with E-state index < -0.39 is 0 Å². The molecule has 0 aliphatic rings. The fourth-order valence-electron chi connectivity index (χ4n) is 4.24. The molecule has 0 radical (unpaired) electrons. The van der Waals surface area contributed by atoms with Gasteiger partial charge in [0.1, 0.15) is 12.2 Å². The minimum Gasteiger partial charge on any atom is -0.311 e. The highest BCUT2D eigenvalue weighted by Gasteiger charge is 2.23. The second-order valence-electron chi connectivity index (χ2n) is 7.86. The van der Waals surface area contributed by atoms with Crippen molar-refractivity contribution in [3.63, 3.8) is 0 Å². The number of aromatic nitrogens is 2. The largest absolute Gasteiger partial charge is 0.311 e. The molecule has 35 heavy (non-hydrogen) atoms. The maximum Gasteiger partial charge on any atom is 0.262 e. The summed E-state index contributed by atoms with van der Waals surface area (Å²) in [5.74, 6) is -0.205. The third kappa shape index (κ3) is 4.19. The third-order valence-corrected chi connectivity index (χ3v) is 7.76. The van der Waals surface area contributed by atoms with Crippen LogP contribution in [0.2, 0.25) is 10.0 Å². The van der Waals surface area contributed by atoms with E-state index in [0.717, 1.165) is 5.69 Å². The van der Waals surface area contributed by atoms with Crippen LogP contribution in [0, 0.1) is 3.95 Å². The molecular formula is C26H19Cl2N3O2S2. The SMILES string of the molecule is CCN(C(=O)Cn1c(=O)c2ccccc2n2c(=S)sc(-c3ccc(Cl)cc3Cl)c12)c1ccccc1. The number of anilines is 1. The van der Waals surface area contributed by atoms with Gasteiger partial charge in [0.05, 0.1) is 20.8 Å². The quantitative estimate of drug-likeness (QED) is 0.224. The summed E-state index contributed by atoms with van der Waals surface area (Å²) in [4.78, 5) is 29.7. The molecule has 0 bridgehead atoms. The van der Waals surface area contributed by atoms with Crippen molar-refractivity contribution in [1.29, 1.82) is 0 Å². The molecule has 1 amide bonds. The molecule has 5 nitrogen and oxygen atoms in total. The van der Waals surface area contributed by atoms with Gasteiger partial charge >= 0.3 is 0 Å². The topological polar surface area (TPSA) is 46.7 Å². The Bertz CT molecular complexity index is 1710. The van der Waals surface area contributed by atoms with Gasteiger partial charge in [0.2, 0.25) is 5.91 Å². The minimum atomic E-state index is -0.266. The Morgan fingerprint density at radius 2 is 1.74 bits per heavy atom. The molecule has 0 aliphatic heterocycles. The van der Waals surface area contributed by atoms with E-state index in [2.05, 4.69) is 0 Å². The van der Waals surface area contributed by atoms with Crippen LogP contribution >= 0.6 is 46.8 Å². The van der Waals surface area contributed by atoms with E-state index in [1.54, 1.807) is 35.2 Å². The van der Waals surface area contributed by atoms with Gasteiger partial charge in [0.25, 0.3) is 5.56 Å². The predicted molar refractivity (Wildman–Crippen MR) is 148 cm³/mol. The zero-order chi connectivity index (χ0) is 24.7. The highest BCUT2D eigenvalue weighted by molar-refractivity contribution is 7.73. The third-order valence-electron chi connectivity index (χ3n) is 5.82. The molecule has 0 spiro atoms. The van der Waals surface area contributed by atoms with Gasteiger partial charge in [-0.1, -0.05) is 59.6 Å². The van der Waals surface area contributed by atoms with E-state index in [1.807, 2.05) is 53.8 Å². The molecule has 0 aliphatic carbocycles. The zero-order valence-corrected chi connectivity index (χ0v) is 21.7. The number of hydrogen-bond donors (Lipinski definition) is 0. The summed E-state index contributed by atoms with van der Waals surface area (Å²) in [7, 11) is 0. The Kier molecular flexibility index (Phi) is 6.51. The van der Waals surface area contributed by atoms with Crippen molar-refractivity contribution in [2.24, 2.45) is 0 Å². The van der Waals surface area contributed by atoms with Gasteiger partial charge in [0, 0.05) is 22.8 Å². The number of amides is 1. The first-order chi connectivity index (χ1) is 16.9. The smallest absolute Gasteiger partial charge is 0.262 e. The Hall–Kier alpha value is -2.97. The van der Waals surface area contributed by atoms with Gasteiger partial charge in [-0.05, 0) is 55.5 Å². The maximum absolute atomic E-state index is 13.8. The fraction of sp³-hybridized carbons (Fsp3) is 0.115. The molecular weight excluding hydrogens is 521 g/mol. The van der Waals surface area contributed by atoms with Crippen LogP contribution in [-0.4, -0.2) is 21.4 Å². The highest BCUT2D eigenvalue weighted by Crippen LogP contribution is 2.38. The van der Waals surface area contributed by atoms with Crippen molar-refractivity contribution in [3.8, 4) is 10.4 Å². The van der Waals surface area contributed by atoms with Gasteiger partial charge in [-0.3, -0.25) is 18.6 Å². The molecule has 0 atom stereocenters. The number of fused-ring (bicyclic) bond motifs is 3. The number of hydrogen-bond acceptors (Lipinski definition) is 4. The van der Waals surface area contributed by atoms with Crippen LogP contribution in [0.4, 0.5) is 5.69 Å². The van der Waals surface area contributed by atoms with Crippen LogP contribution in [-0.2, 0) is 11.3 Å². The molecule has 0 saturated carbocycles. The Morgan fingerprint density at radius 1 is 1.03 bits per heavy atom. The number of likely N-dealkylation sites (N-methyl/N-ethyl adjacent to an activating group) is 1. The first-order valence-electron chi connectivity index (χ1n) is 10.9. The Labute approximate surface area is 220 Å². The molecule has 0 unspecified atom stereocenters. The standard InChI is InChI=1S/C26H19Cl2N3O2S2/c1-2-29(17-8-4-3-5-9-17)22(32)15-30-24-23(18-13-12-16(27)14-20(18)28)35-26(34)31(24)21-11-7-6-10-19(21)25(30)33/h3-14H,2,15H2,1H3. The van der Waals surface area contributed by atoms with Crippen LogP contribution in [0.3, 0.4) is 0 Å². The number of thiazole rings is 1. The van der Waals surface area contributed by atoms with Crippen LogP contribution < -0.4 is 10.5 Å². The molecule has 5 aromatic rings. The number of carbonyl (C=O) groups is 1. The van der Waals surface area contributed by atoms with Crippen molar-refractivity contribution in [3.05, 3.63) is 97.1 Å². The lowest BCUT2D eigenvalue weighted by molar-refractivity contribution is -0.119. The average Bonchev–Trinajstić information content (AvgIpc) is 3.19. The summed E-state index contributed by atoms with van der Waals surface area (Å²) >= 11 is 19.8. The van der Waals surface area contributed by atoms with Gasteiger partial charge in [-0.2, -0.15) is 0 Å². The number of carbonyl (C=O) groups excluding carboxylic acids is 1. The zero-order valence-electron chi connectivity index (χ0n) is 18.6. The molecule has 2 aromatic heterocycles. The number of halogens is 2. The second kappa shape index (κ2) is 9.59. The van der Waals surface area contributed by atoms with Crippen LogP contribution in [0.25, 0.3) is 27.0 Å². The number of benzene rings is 3. The lowest BCUT2D eigenvalue weighted by Gasteiger charge is -2.22. The summed E-state index contributed by atoms with van der Waals surface area (Å²) in [5.41, 5.74) is 2.42. The summed E-state index contributed by atoms with van der Waals surface area (Å²) in [6.45, 7) is 2.22. The van der Waals surface area contributed by atoms with Crippen molar-refractivity contribution in [2.75, 3.05) is 11.4 Å². The van der Waals surface area contributed by atoms with E-state index in [9.17, 15) is 9.59 Å². The van der Waals surface area contributed by atoms with E-state index in [-0.39, 0.29) is 18.0 Å². The molecule has 9 heteroatoms. The second-order valence-corrected chi connectivity index (χ2v) is 10.4. The summed E-state index contributed by atoms with van der Waals surface area (Å²) in [6, 6.07) is 21.9. The first-order valence-corrected chi connectivity index (χ1v) is 12.9. The lowest BCUT2D eigenvalue weighted by atomic mass is 10.2. The molecule has 5 rings (SSSR count). The van der Waals surface area contributed by atoms with E-state index in [0.29, 0.717) is 47.5 Å². The maximum atomic E-state index is 13.8. The van der Waals surface area contributed by atoms with Crippen LogP contribution in [0.15, 0.2) is 77.6 Å². The highest BCUT2D eigenvalue weighted by atomic mass is 35.5. The van der Waals surface area contributed by atoms with Crippen molar-refractivity contribution < 1.29 is 4.79 Å². The van der Waals surface area contributed by atoms with Crippen molar-refractivity contribution in [2.45, 2.75) is 13.5 Å². The average molecular weight is 540 g/mol. The van der Waals surface area contributed by atoms with Crippen LogP contribution in [0.1, 0.15) is 6.92 Å². The number of para-hydroxylation sites is 2. The first kappa shape index (κ1) is 23.8. The summed E-state index contributed by atoms with van der Waals surface area (Å²) in [5, 5.41) is 1.43. The lowest BCUT2D eigenvalue weighted by Crippen LogP contribution is -2.37. The van der Waals surface area contributed by atoms with E-state index >= 15 is 0 Å².